The van der Waals surface area contributed by atoms with E-state index < -0.39 is 0 Å². The van der Waals surface area contributed by atoms with Gasteiger partial charge >= 0.3 is 0 Å². The van der Waals surface area contributed by atoms with Gasteiger partial charge in [-0.3, -0.25) is 4.79 Å². The number of thioether (sulfide) groups is 1. The number of Topliss-reactive ketones (excluding diaryl/α,β-unsaturated/α-hetero) is 1. The highest BCUT2D eigenvalue weighted by Gasteiger charge is 2.35. The molecule has 1 saturated carbocycles. The van der Waals surface area contributed by atoms with E-state index in [2.05, 4.69) is 23.0 Å². The van der Waals surface area contributed by atoms with Crippen molar-refractivity contribution >= 4 is 29.1 Å². The molecule has 1 heterocycles. The van der Waals surface area contributed by atoms with Gasteiger partial charge in [-0.25, -0.2) is 9.97 Å². The predicted molar refractivity (Wildman–Crippen MR) is 115 cm³/mol. The van der Waals surface area contributed by atoms with E-state index in [4.69, 9.17) is 16.3 Å². The Morgan fingerprint density at radius 3 is 2.68 bits per heavy atom. The van der Waals surface area contributed by atoms with E-state index in [0.717, 1.165) is 24.8 Å². The first-order valence-electron chi connectivity index (χ1n) is 9.54. The summed E-state index contributed by atoms with van der Waals surface area (Å²) in [5.41, 5.74) is 0.985. The van der Waals surface area contributed by atoms with E-state index in [9.17, 15) is 4.79 Å². The molecular formula is C22H25ClN2O2S. The molecule has 1 unspecified atom stereocenters. The zero-order valence-corrected chi connectivity index (χ0v) is 17.7. The lowest BCUT2D eigenvalue weighted by Crippen LogP contribution is -2.12. The largest absolute Gasteiger partial charge is 0.482 e. The molecule has 1 aromatic carbocycles. The van der Waals surface area contributed by atoms with Crippen molar-refractivity contribution in [3.05, 3.63) is 64.6 Å². The number of aromatic nitrogens is 2. The van der Waals surface area contributed by atoms with Crippen molar-refractivity contribution in [3.8, 4) is 5.75 Å². The lowest BCUT2D eigenvalue weighted by atomic mass is 10.0. The van der Waals surface area contributed by atoms with Gasteiger partial charge in [-0.15, -0.1) is 11.8 Å². The Bertz CT molecular complexity index is 822. The second-order valence-electron chi connectivity index (χ2n) is 7.14. The Morgan fingerprint density at radius 1 is 1.32 bits per heavy atom. The van der Waals surface area contributed by atoms with Gasteiger partial charge in [0.25, 0.3) is 0 Å². The van der Waals surface area contributed by atoms with Crippen LogP contribution in [0.2, 0.25) is 5.02 Å². The van der Waals surface area contributed by atoms with Crippen LogP contribution in [0.4, 0.5) is 0 Å². The smallest absolute Gasteiger partial charge is 0.200 e. The molecule has 148 valence electrons. The quantitative estimate of drug-likeness (QED) is 0.435. The van der Waals surface area contributed by atoms with Crippen LogP contribution >= 0.6 is 23.4 Å². The van der Waals surface area contributed by atoms with Crippen LogP contribution in [0, 0.1) is 11.8 Å². The minimum absolute atomic E-state index is 0.0409. The van der Waals surface area contributed by atoms with Crippen molar-refractivity contribution in [3.63, 3.8) is 0 Å². The van der Waals surface area contributed by atoms with E-state index >= 15 is 0 Å². The molecule has 6 heteroatoms. The van der Waals surface area contributed by atoms with Crippen LogP contribution < -0.4 is 4.74 Å². The average Bonchev–Trinajstić information content (AvgIpc) is 3.55. The molecule has 0 amide bonds. The first kappa shape index (κ1) is 20.9. The monoisotopic (exact) mass is 416 g/mol. The van der Waals surface area contributed by atoms with E-state index in [-0.39, 0.29) is 17.7 Å². The maximum atomic E-state index is 12.3. The molecule has 0 N–H and O–H groups in total. The summed E-state index contributed by atoms with van der Waals surface area (Å²) in [4.78, 5) is 20.8. The summed E-state index contributed by atoms with van der Waals surface area (Å²) >= 11 is 8.01. The molecule has 3 rings (SSSR count). The van der Waals surface area contributed by atoms with Crippen molar-refractivity contribution in [2.45, 2.75) is 38.7 Å². The highest BCUT2D eigenvalue weighted by atomic mass is 35.5. The van der Waals surface area contributed by atoms with Crippen LogP contribution in [-0.4, -0.2) is 22.0 Å². The van der Waals surface area contributed by atoms with Gasteiger partial charge in [0.15, 0.2) is 17.4 Å². The Kier molecular flexibility index (Phi) is 7.51. The first-order chi connectivity index (χ1) is 13.6. The topological polar surface area (TPSA) is 52.1 Å². The molecule has 1 aromatic heterocycles. The Morgan fingerprint density at radius 2 is 2.04 bits per heavy atom. The van der Waals surface area contributed by atoms with Gasteiger partial charge in [0, 0.05) is 22.9 Å². The number of carbonyl (C=O) groups excluding carboxylic acids is 1. The zero-order valence-electron chi connectivity index (χ0n) is 16.2. The maximum Gasteiger partial charge on any atom is 0.200 e. The maximum absolute atomic E-state index is 12.3. The average molecular weight is 417 g/mol. The van der Waals surface area contributed by atoms with Gasteiger partial charge in [-0.05, 0) is 42.9 Å². The number of benzene rings is 1. The summed E-state index contributed by atoms with van der Waals surface area (Å²) in [6.07, 6.45) is 10.7. The predicted octanol–water partition coefficient (Wildman–Crippen LogP) is 6.14. The van der Waals surface area contributed by atoms with Gasteiger partial charge in [0.05, 0.1) is 12.4 Å². The molecule has 1 aliphatic carbocycles. The van der Waals surface area contributed by atoms with Crippen molar-refractivity contribution in [1.29, 1.82) is 0 Å². The van der Waals surface area contributed by atoms with Crippen LogP contribution in [-0.2, 0) is 0 Å². The van der Waals surface area contributed by atoms with Crippen LogP contribution in [0.25, 0.3) is 0 Å². The third-order valence-corrected chi connectivity index (χ3v) is 5.55. The normalized spacial score (nSPS) is 16.1. The second kappa shape index (κ2) is 10.1. The summed E-state index contributed by atoms with van der Waals surface area (Å²) in [5, 5.41) is 2.75. The number of nitrogens with zero attached hydrogens (tertiary/aromatic N) is 2. The molecular weight excluding hydrogens is 392 g/mol. The molecule has 1 fully saturated rings. The number of allylic oxidation sites excluding steroid dienone is 1. The SMILES string of the molecule is CS/C=C/[C@@H](C)CCC(=O)c1ncc(OC(c2ccccc2Cl)C2CC2)cn1. The molecule has 0 bridgehead atoms. The summed E-state index contributed by atoms with van der Waals surface area (Å²) in [5.74, 6) is 1.57. The van der Waals surface area contributed by atoms with Crippen molar-refractivity contribution in [2.75, 3.05) is 6.26 Å². The van der Waals surface area contributed by atoms with Gasteiger partial charge < -0.3 is 4.74 Å². The van der Waals surface area contributed by atoms with E-state index in [0.29, 0.717) is 29.0 Å². The fraction of sp³-hybridized carbons (Fsp3) is 0.409. The highest BCUT2D eigenvalue weighted by molar-refractivity contribution is 8.01. The van der Waals surface area contributed by atoms with Gasteiger partial charge in [-0.2, -0.15) is 0 Å². The Balaban J connectivity index is 1.61. The van der Waals surface area contributed by atoms with Crippen LogP contribution in [0.1, 0.15) is 54.9 Å². The number of rotatable bonds is 10. The highest BCUT2D eigenvalue weighted by Crippen LogP contribution is 2.45. The Labute approximate surface area is 175 Å². The van der Waals surface area contributed by atoms with Crippen molar-refractivity contribution in [1.82, 2.24) is 9.97 Å². The molecule has 0 radical (unpaired) electrons. The number of ketones is 1. The third kappa shape index (κ3) is 5.82. The molecule has 0 saturated heterocycles. The molecule has 2 aromatic rings. The molecule has 28 heavy (non-hydrogen) atoms. The summed E-state index contributed by atoms with van der Waals surface area (Å²) in [6.45, 7) is 2.10. The molecule has 2 atom stereocenters. The van der Waals surface area contributed by atoms with E-state index in [1.807, 2.05) is 35.9 Å². The minimum atomic E-state index is -0.108. The molecule has 1 aliphatic rings. The number of hydrogen-bond acceptors (Lipinski definition) is 5. The van der Waals surface area contributed by atoms with Gasteiger partial charge in [0.2, 0.25) is 0 Å². The second-order valence-corrected chi connectivity index (χ2v) is 8.29. The van der Waals surface area contributed by atoms with Crippen LogP contribution in [0.5, 0.6) is 5.75 Å². The van der Waals surface area contributed by atoms with Gasteiger partial charge in [-0.1, -0.05) is 42.8 Å². The van der Waals surface area contributed by atoms with Crippen molar-refractivity contribution in [2.24, 2.45) is 11.8 Å². The lowest BCUT2D eigenvalue weighted by molar-refractivity contribution is 0.0966. The summed E-state index contributed by atoms with van der Waals surface area (Å²) < 4.78 is 6.15. The molecule has 4 nitrogen and oxygen atoms in total. The molecule has 0 spiro atoms. The third-order valence-electron chi connectivity index (χ3n) is 4.77. The van der Waals surface area contributed by atoms with Crippen molar-refractivity contribution < 1.29 is 9.53 Å². The summed E-state index contributed by atoms with van der Waals surface area (Å²) in [7, 11) is 0. The number of halogens is 1. The first-order valence-corrected chi connectivity index (χ1v) is 11.2. The van der Waals surface area contributed by atoms with Gasteiger partial charge in [0.1, 0.15) is 6.10 Å². The zero-order chi connectivity index (χ0) is 19.9. The van der Waals surface area contributed by atoms with Crippen LogP contribution in [0.15, 0.2) is 48.1 Å². The fourth-order valence-electron chi connectivity index (χ4n) is 2.97. The van der Waals surface area contributed by atoms with Crippen LogP contribution in [0.3, 0.4) is 0 Å². The number of ether oxygens (including phenoxy) is 1. The fourth-order valence-corrected chi connectivity index (χ4v) is 3.63. The Hall–Kier alpha value is -1.85. The van der Waals surface area contributed by atoms with E-state index in [1.165, 1.54) is 0 Å². The number of hydrogen-bond donors (Lipinski definition) is 0. The molecule has 0 aliphatic heterocycles. The minimum Gasteiger partial charge on any atom is -0.482 e. The summed E-state index contributed by atoms with van der Waals surface area (Å²) in [6, 6.07) is 7.75. The number of carbonyl (C=O) groups is 1. The lowest BCUT2D eigenvalue weighted by Gasteiger charge is -2.20. The standard InChI is InChI=1S/C22H25ClN2O2S/c1-15(11-12-28-2)7-10-20(26)22-24-13-17(14-25-22)27-21(16-8-9-16)18-5-3-4-6-19(18)23/h3-6,11-16,21H,7-10H2,1-2H3/b12-11+/t15-,21?/m0/s1. The van der Waals surface area contributed by atoms with E-state index in [1.54, 1.807) is 24.2 Å².